The summed E-state index contributed by atoms with van der Waals surface area (Å²) in [6.07, 6.45) is 8.18. The summed E-state index contributed by atoms with van der Waals surface area (Å²) in [5.41, 5.74) is 3.44. The predicted octanol–water partition coefficient (Wildman–Crippen LogP) is 2.90. The van der Waals surface area contributed by atoms with E-state index < -0.39 is 0 Å². The zero-order valence-corrected chi connectivity index (χ0v) is 16.8. The van der Waals surface area contributed by atoms with E-state index in [0.717, 1.165) is 55.6 Å². The van der Waals surface area contributed by atoms with Gasteiger partial charge in [-0.05, 0) is 43.5 Å². The van der Waals surface area contributed by atoms with Crippen LogP contribution >= 0.6 is 0 Å². The van der Waals surface area contributed by atoms with Crippen molar-refractivity contribution >= 4 is 0 Å². The molecule has 1 saturated carbocycles. The molecule has 152 valence electrons. The normalized spacial score (nSPS) is 22.0. The molecule has 0 amide bonds. The van der Waals surface area contributed by atoms with Crippen LogP contribution in [0.1, 0.15) is 37.7 Å². The van der Waals surface area contributed by atoms with Crippen LogP contribution in [0.25, 0.3) is 11.3 Å². The highest BCUT2D eigenvalue weighted by atomic mass is 16.5. The summed E-state index contributed by atoms with van der Waals surface area (Å²) in [5.74, 6) is 0.861. The van der Waals surface area contributed by atoms with E-state index in [1.807, 2.05) is 18.3 Å². The molecule has 1 saturated heterocycles. The number of aromatic nitrogens is 2. The van der Waals surface area contributed by atoms with Crippen molar-refractivity contribution in [3.63, 3.8) is 0 Å². The molecule has 0 unspecified atom stereocenters. The molecule has 2 N–H and O–H groups in total. The van der Waals surface area contributed by atoms with Gasteiger partial charge in [0.1, 0.15) is 5.75 Å². The van der Waals surface area contributed by atoms with E-state index in [-0.39, 0.29) is 6.61 Å². The minimum absolute atomic E-state index is 0.268. The van der Waals surface area contributed by atoms with E-state index in [2.05, 4.69) is 32.1 Å². The Morgan fingerprint density at radius 3 is 2.68 bits per heavy atom. The van der Waals surface area contributed by atoms with E-state index in [4.69, 9.17) is 4.74 Å². The van der Waals surface area contributed by atoms with E-state index >= 15 is 0 Å². The molecule has 1 aliphatic carbocycles. The van der Waals surface area contributed by atoms with Crippen molar-refractivity contribution in [3.8, 4) is 17.0 Å². The molecule has 2 fully saturated rings. The first-order valence-corrected chi connectivity index (χ1v) is 10.5. The lowest BCUT2D eigenvalue weighted by molar-refractivity contribution is 0.0268. The van der Waals surface area contributed by atoms with Crippen LogP contribution in [0.4, 0.5) is 0 Å². The highest BCUT2D eigenvalue weighted by molar-refractivity contribution is 5.63. The summed E-state index contributed by atoms with van der Waals surface area (Å²) in [7, 11) is 1.69. The van der Waals surface area contributed by atoms with Crippen LogP contribution < -0.4 is 4.74 Å². The number of H-pyrrole nitrogens is 1. The lowest BCUT2D eigenvalue weighted by Gasteiger charge is -2.44. The molecule has 28 heavy (non-hydrogen) atoms. The molecule has 2 heterocycles. The molecule has 2 aromatic rings. The van der Waals surface area contributed by atoms with Gasteiger partial charge in [0.25, 0.3) is 0 Å². The fourth-order valence-corrected chi connectivity index (χ4v) is 4.88. The Bertz CT molecular complexity index is 739. The SMILES string of the molecule is COc1ccc(-c2[nH]ncc2CN2CCN(C3CCCC3)[C@H](CCO)C2)cc1. The van der Waals surface area contributed by atoms with Gasteiger partial charge in [0.05, 0.1) is 19.0 Å². The van der Waals surface area contributed by atoms with Crippen molar-refractivity contribution < 1.29 is 9.84 Å². The fourth-order valence-electron chi connectivity index (χ4n) is 4.88. The van der Waals surface area contributed by atoms with Gasteiger partial charge in [-0.15, -0.1) is 0 Å². The summed E-state index contributed by atoms with van der Waals surface area (Å²) >= 11 is 0. The number of benzene rings is 1. The van der Waals surface area contributed by atoms with E-state index in [1.54, 1.807) is 7.11 Å². The van der Waals surface area contributed by atoms with Crippen molar-refractivity contribution in [1.82, 2.24) is 20.0 Å². The Balaban J connectivity index is 1.44. The van der Waals surface area contributed by atoms with Crippen molar-refractivity contribution in [1.29, 1.82) is 0 Å². The topological polar surface area (TPSA) is 64.6 Å². The van der Waals surface area contributed by atoms with E-state index in [0.29, 0.717) is 6.04 Å². The molecule has 6 nitrogen and oxygen atoms in total. The second-order valence-electron chi connectivity index (χ2n) is 8.08. The van der Waals surface area contributed by atoms with Crippen molar-refractivity contribution in [2.24, 2.45) is 0 Å². The largest absolute Gasteiger partial charge is 0.497 e. The Kier molecular flexibility index (Phi) is 6.29. The smallest absolute Gasteiger partial charge is 0.118 e. The third kappa shape index (κ3) is 4.24. The Labute approximate surface area is 167 Å². The Hall–Kier alpha value is -1.89. The van der Waals surface area contributed by atoms with Gasteiger partial charge in [0, 0.05) is 56.0 Å². The maximum atomic E-state index is 9.59. The second-order valence-corrected chi connectivity index (χ2v) is 8.08. The molecule has 1 aromatic heterocycles. The lowest BCUT2D eigenvalue weighted by Crippen LogP contribution is -2.56. The maximum Gasteiger partial charge on any atom is 0.118 e. The van der Waals surface area contributed by atoms with E-state index in [9.17, 15) is 5.11 Å². The van der Waals surface area contributed by atoms with Gasteiger partial charge in [-0.1, -0.05) is 12.8 Å². The lowest BCUT2D eigenvalue weighted by atomic mass is 10.0. The van der Waals surface area contributed by atoms with Crippen LogP contribution in [0, 0.1) is 0 Å². The number of rotatable bonds is 7. The summed E-state index contributed by atoms with van der Waals surface area (Å²) < 4.78 is 5.27. The molecule has 1 aromatic carbocycles. The zero-order valence-electron chi connectivity index (χ0n) is 16.8. The first kappa shape index (κ1) is 19.4. The van der Waals surface area contributed by atoms with Crippen LogP contribution in [-0.4, -0.2) is 70.5 Å². The Morgan fingerprint density at radius 1 is 1.18 bits per heavy atom. The molecule has 0 spiro atoms. The molecule has 4 rings (SSSR count). The third-order valence-corrected chi connectivity index (χ3v) is 6.36. The molecule has 0 radical (unpaired) electrons. The van der Waals surface area contributed by atoms with Gasteiger partial charge in [0.2, 0.25) is 0 Å². The molecular formula is C22H32N4O2. The number of hydrogen-bond acceptors (Lipinski definition) is 5. The van der Waals surface area contributed by atoms with Gasteiger partial charge in [0.15, 0.2) is 0 Å². The molecule has 1 aliphatic heterocycles. The van der Waals surface area contributed by atoms with Crippen LogP contribution in [-0.2, 0) is 6.54 Å². The quantitative estimate of drug-likeness (QED) is 0.768. The first-order chi connectivity index (χ1) is 13.8. The highest BCUT2D eigenvalue weighted by Crippen LogP contribution is 2.29. The van der Waals surface area contributed by atoms with Crippen LogP contribution in [0.5, 0.6) is 5.75 Å². The number of methoxy groups -OCH3 is 1. The molecular weight excluding hydrogens is 352 g/mol. The van der Waals surface area contributed by atoms with Gasteiger partial charge in [-0.25, -0.2) is 0 Å². The third-order valence-electron chi connectivity index (χ3n) is 6.36. The second kappa shape index (κ2) is 9.07. The minimum atomic E-state index is 0.268. The van der Waals surface area contributed by atoms with Crippen molar-refractivity contribution in [2.45, 2.75) is 50.7 Å². The van der Waals surface area contributed by atoms with Gasteiger partial charge < -0.3 is 9.84 Å². The maximum absolute atomic E-state index is 9.59. The first-order valence-electron chi connectivity index (χ1n) is 10.5. The number of hydrogen-bond donors (Lipinski definition) is 2. The molecule has 0 bridgehead atoms. The Morgan fingerprint density at radius 2 is 1.96 bits per heavy atom. The number of ether oxygens (including phenoxy) is 1. The van der Waals surface area contributed by atoms with Crippen LogP contribution in [0.15, 0.2) is 30.5 Å². The van der Waals surface area contributed by atoms with Gasteiger partial charge in [-0.3, -0.25) is 14.9 Å². The standard InChI is InChI=1S/C22H32N4O2/c1-28-21-8-6-17(7-9-21)22-18(14-23-24-22)15-25-11-12-26(19-4-2-3-5-19)20(16-25)10-13-27/h6-9,14,19-20,27H,2-5,10-13,15-16H2,1H3,(H,23,24)/t20-/m1/s1. The number of aliphatic hydroxyl groups excluding tert-OH is 1. The zero-order chi connectivity index (χ0) is 19.3. The number of nitrogens with zero attached hydrogens (tertiary/aromatic N) is 3. The fraction of sp³-hybridized carbons (Fsp3) is 0.591. The number of piperazine rings is 1. The van der Waals surface area contributed by atoms with E-state index in [1.165, 1.54) is 31.2 Å². The summed E-state index contributed by atoms with van der Waals surface area (Å²) in [4.78, 5) is 5.20. The monoisotopic (exact) mass is 384 g/mol. The van der Waals surface area contributed by atoms with Crippen molar-refractivity contribution in [3.05, 3.63) is 36.0 Å². The number of nitrogens with one attached hydrogen (secondary N) is 1. The molecule has 1 atom stereocenters. The minimum Gasteiger partial charge on any atom is -0.497 e. The van der Waals surface area contributed by atoms with Gasteiger partial charge in [-0.2, -0.15) is 5.10 Å². The molecule has 6 heteroatoms. The van der Waals surface area contributed by atoms with Crippen molar-refractivity contribution in [2.75, 3.05) is 33.4 Å². The highest BCUT2D eigenvalue weighted by Gasteiger charge is 2.33. The molecule has 2 aliphatic rings. The summed E-state index contributed by atoms with van der Waals surface area (Å²) in [6.45, 7) is 4.35. The predicted molar refractivity (Wildman–Crippen MR) is 110 cm³/mol. The summed E-state index contributed by atoms with van der Waals surface area (Å²) in [5, 5.41) is 17.1. The van der Waals surface area contributed by atoms with Crippen LogP contribution in [0.3, 0.4) is 0 Å². The number of aliphatic hydroxyl groups is 1. The average molecular weight is 385 g/mol. The summed E-state index contributed by atoms with van der Waals surface area (Å²) in [6, 6.07) is 9.29. The number of aromatic amines is 1. The van der Waals surface area contributed by atoms with Gasteiger partial charge >= 0.3 is 0 Å². The average Bonchev–Trinajstić information content (AvgIpc) is 3.41. The van der Waals surface area contributed by atoms with Crippen LogP contribution in [0.2, 0.25) is 0 Å².